The van der Waals surface area contributed by atoms with Crippen LogP contribution in [0.2, 0.25) is 5.02 Å². The molecule has 0 aliphatic heterocycles. The molecule has 3 rings (SSSR count). The van der Waals surface area contributed by atoms with Gasteiger partial charge in [0.25, 0.3) is 5.91 Å². The Morgan fingerprint density at radius 2 is 2.00 bits per heavy atom. The molecular formula is C20H19BrClN3O2. The maximum Gasteiger partial charge on any atom is 0.251 e. The van der Waals surface area contributed by atoms with E-state index in [2.05, 4.69) is 26.3 Å². The lowest BCUT2D eigenvalue weighted by Gasteiger charge is -2.09. The number of rotatable bonds is 6. The van der Waals surface area contributed by atoms with E-state index in [0.29, 0.717) is 18.7 Å². The van der Waals surface area contributed by atoms with Crippen molar-refractivity contribution in [2.45, 2.75) is 20.1 Å². The van der Waals surface area contributed by atoms with Crippen molar-refractivity contribution in [3.05, 3.63) is 80.5 Å². The lowest BCUT2D eigenvalue weighted by molar-refractivity contribution is 0.0950. The number of benzene rings is 2. The molecule has 0 bridgehead atoms. The summed E-state index contributed by atoms with van der Waals surface area (Å²) in [6.07, 6.45) is 1.71. The molecule has 5 nitrogen and oxygen atoms in total. The van der Waals surface area contributed by atoms with Gasteiger partial charge in [-0.15, -0.1) is 0 Å². The molecule has 0 spiro atoms. The van der Waals surface area contributed by atoms with Gasteiger partial charge in [-0.05, 0) is 64.3 Å². The SMILES string of the molecule is Cc1cc(OCc2ccc(C(=O)NCc3c(Br)cnn3C)cc2)ccc1Cl. The van der Waals surface area contributed by atoms with E-state index in [1.807, 2.05) is 44.3 Å². The molecule has 0 saturated carbocycles. The van der Waals surface area contributed by atoms with Gasteiger partial charge in [0.05, 0.1) is 22.9 Å². The maximum atomic E-state index is 12.3. The number of amides is 1. The van der Waals surface area contributed by atoms with Crippen LogP contribution in [0.25, 0.3) is 0 Å². The van der Waals surface area contributed by atoms with Crippen LogP contribution in [0.5, 0.6) is 5.75 Å². The standard InChI is InChI=1S/C20H19BrClN3O2/c1-13-9-16(7-8-18(13)22)27-12-14-3-5-15(6-4-14)20(26)23-11-19-17(21)10-24-25(19)2/h3-10H,11-12H2,1-2H3,(H,23,26). The number of halogens is 2. The van der Waals surface area contributed by atoms with Crippen molar-refractivity contribution in [1.82, 2.24) is 15.1 Å². The molecule has 0 saturated heterocycles. The van der Waals surface area contributed by atoms with Crippen LogP contribution in [0.4, 0.5) is 0 Å². The molecule has 0 radical (unpaired) electrons. The highest BCUT2D eigenvalue weighted by molar-refractivity contribution is 9.10. The molecule has 1 heterocycles. The van der Waals surface area contributed by atoms with E-state index in [4.69, 9.17) is 16.3 Å². The topological polar surface area (TPSA) is 56.1 Å². The summed E-state index contributed by atoms with van der Waals surface area (Å²) in [6, 6.07) is 12.9. The van der Waals surface area contributed by atoms with Gasteiger partial charge in [0, 0.05) is 17.6 Å². The largest absolute Gasteiger partial charge is 0.489 e. The third-order valence-electron chi connectivity index (χ3n) is 4.18. The first-order valence-corrected chi connectivity index (χ1v) is 9.53. The summed E-state index contributed by atoms with van der Waals surface area (Å²) >= 11 is 9.44. The number of carbonyl (C=O) groups is 1. The fraction of sp³-hybridized carbons (Fsp3) is 0.200. The Morgan fingerprint density at radius 3 is 2.63 bits per heavy atom. The number of hydrogen-bond acceptors (Lipinski definition) is 3. The second kappa shape index (κ2) is 8.59. The molecule has 7 heteroatoms. The number of hydrogen-bond donors (Lipinski definition) is 1. The summed E-state index contributed by atoms with van der Waals surface area (Å²) < 4.78 is 8.37. The summed E-state index contributed by atoms with van der Waals surface area (Å²) in [5.74, 6) is 0.629. The Bertz CT molecular complexity index is 935. The van der Waals surface area contributed by atoms with Crippen molar-refractivity contribution in [3.63, 3.8) is 0 Å². The molecule has 2 aromatic carbocycles. The number of ether oxygens (including phenoxy) is 1. The lowest BCUT2D eigenvalue weighted by Crippen LogP contribution is -2.24. The number of aromatic nitrogens is 2. The third-order valence-corrected chi connectivity index (χ3v) is 5.26. The molecule has 140 valence electrons. The zero-order valence-corrected chi connectivity index (χ0v) is 17.3. The van der Waals surface area contributed by atoms with Crippen LogP contribution in [0, 0.1) is 6.92 Å². The van der Waals surface area contributed by atoms with E-state index >= 15 is 0 Å². The van der Waals surface area contributed by atoms with E-state index in [1.165, 1.54) is 0 Å². The third kappa shape index (κ3) is 4.90. The van der Waals surface area contributed by atoms with Crippen LogP contribution in [0.1, 0.15) is 27.2 Å². The fourth-order valence-corrected chi connectivity index (χ4v) is 3.13. The summed E-state index contributed by atoms with van der Waals surface area (Å²) in [6.45, 7) is 2.76. The van der Waals surface area contributed by atoms with Crippen molar-refractivity contribution in [2.75, 3.05) is 0 Å². The Hall–Kier alpha value is -2.31. The smallest absolute Gasteiger partial charge is 0.251 e. The first kappa shape index (κ1) is 19.5. The predicted molar refractivity (Wildman–Crippen MR) is 109 cm³/mol. The highest BCUT2D eigenvalue weighted by Gasteiger charge is 2.10. The van der Waals surface area contributed by atoms with Crippen LogP contribution in [-0.2, 0) is 20.2 Å². The molecule has 1 amide bonds. The lowest BCUT2D eigenvalue weighted by atomic mass is 10.1. The highest BCUT2D eigenvalue weighted by Crippen LogP contribution is 2.22. The van der Waals surface area contributed by atoms with Crippen LogP contribution in [-0.4, -0.2) is 15.7 Å². The summed E-state index contributed by atoms with van der Waals surface area (Å²) in [7, 11) is 1.84. The van der Waals surface area contributed by atoms with Gasteiger partial charge in [-0.2, -0.15) is 5.10 Å². The van der Waals surface area contributed by atoms with Gasteiger partial charge in [-0.3, -0.25) is 9.48 Å². The summed E-state index contributed by atoms with van der Waals surface area (Å²) in [5.41, 5.74) is 3.46. The molecule has 27 heavy (non-hydrogen) atoms. The van der Waals surface area contributed by atoms with Crippen LogP contribution >= 0.6 is 27.5 Å². The van der Waals surface area contributed by atoms with Crippen molar-refractivity contribution in [1.29, 1.82) is 0 Å². The first-order valence-electron chi connectivity index (χ1n) is 8.36. The minimum absolute atomic E-state index is 0.135. The van der Waals surface area contributed by atoms with Gasteiger partial charge < -0.3 is 10.1 Å². The first-order chi connectivity index (χ1) is 12.9. The summed E-state index contributed by atoms with van der Waals surface area (Å²) in [5, 5.41) is 7.75. The van der Waals surface area contributed by atoms with Gasteiger partial charge in [0.2, 0.25) is 0 Å². The highest BCUT2D eigenvalue weighted by atomic mass is 79.9. The molecule has 0 unspecified atom stereocenters. The molecule has 1 aromatic heterocycles. The second-order valence-corrected chi connectivity index (χ2v) is 7.40. The van der Waals surface area contributed by atoms with Gasteiger partial charge >= 0.3 is 0 Å². The average Bonchev–Trinajstić information content (AvgIpc) is 2.99. The number of nitrogens with zero attached hydrogens (tertiary/aromatic N) is 2. The van der Waals surface area contributed by atoms with Gasteiger partial charge in [0.15, 0.2) is 0 Å². The molecule has 0 fully saturated rings. The normalized spacial score (nSPS) is 10.7. The molecular weight excluding hydrogens is 430 g/mol. The number of carbonyl (C=O) groups excluding carboxylic acids is 1. The van der Waals surface area contributed by atoms with E-state index in [1.54, 1.807) is 23.0 Å². The fourth-order valence-electron chi connectivity index (χ4n) is 2.53. The Balaban J connectivity index is 1.56. The zero-order valence-electron chi connectivity index (χ0n) is 15.0. The minimum atomic E-state index is -0.135. The van der Waals surface area contributed by atoms with Gasteiger partial charge in [-0.25, -0.2) is 0 Å². The molecule has 0 aliphatic rings. The van der Waals surface area contributed by atoms with E-state index in [9.17, 15) is 4.79 Å². The minimum Gasteiger partial charge on any atom is -0.489 e. The molecule has 0 atom stereocenters. The van der Waals surface area contributed by atoms with Crippen LogP contribution in [0.3, 0.4) is 0 Å². The Morgan fingerprint density at radius 1 is 1.26 bits per heavy atom. The van der Waals surface area contributed by atoms with Crippen LogP contribution < -0.4 is 10.1 Å². The van der Waals surface area contributed by atoms with Gasteiger partial charge in [0.1, 0.15) is 12.4 Å². The van der Waals surface area contributed by atoms with Gasteiger partial charge in [-0.1, -0.05) is 23.7 Å². The van der Waals surface area contributed by atoms with E-state index in [0.717, 1.165) is 32.1 Å². The van der Waals surface area contributed by atoms with E-state index in [-0.39, 0.29) is 5.91 Å². The van der Waals surface area contributed by atoms with Crippen molar-refractivity contribution in [2.24, 2.45) is 7.05 Å². The summed E-state index contributed by atoms with van der Waals surface area (Å²) in [4.78, 5) is 12.3. The predicted octanol–water partition coefficient (Wildman–Crippen LogP) is 4.65. The number of aryl methyl sites for hydroxylation is 2. The van der Waals surface area contributed by atoms with Crippen molar-refractivity contribution >= 4 is 33.4 Å². The number of nitrogens with one attached hydrogen (secondary N) is 1. The monoisotopic (exact) mass is 447 g/mol. The van der Waals surface area contributed by atoms with Crippen molar-refractivity contribution in [3.8, 4) is 5.75 Å². The molecule has 3 aromatic rings. The Kier molecular flexibility index (Phi) is 6.19. The maximum absolute atomic E-state index is 12.3. The quantitative estimate of drug-likeness (QED) is 0.597. The second-order valence-electron chi connectivity index (χ2n) is 6.14. The van der Waals surface area contributed by atoms with Crippen molar-refractivity contribution < 1.29 is 9.53 Å². The average molecular weight is 449 g/mol. The zero-order chi connectivity index (χ0) is 19.4. The molecule has 1 N–H and O–H groups in total. The molecule has 0 aliphatic carbocycles. The Labute approximate surface area is 171 Å². The van der Waals surface area contributed by atoms with E-state index < -0.39 is 0 Å². The van der Waals surface area contributed by atoms with Crippen LogP contribution in [0.15, 0.2) is 53.1 Å².